The fourth-order valence-electron chi connectivity index (χ4n) is 3.10. The van der Waals surface area contributed by atoms with Gasteiger partial charge in [0.15, 0.2) is 0 Å². The highest BCUT2D eigenvalue weighted by Gasteiger charge is 2.31. The number of nitrogens with one attached hydrogen (secondary N) is 1. The molecule has 0 spiro atoms. The molecule has 25 heavy (non-hydrogen) atoms. The monoisotopic (exact) mass is 344 g/mol. The van der Waals surface area contributed by atoms with Gasteiger partial charge in [-0.15, -0.1) is 0 Å². The number of ether oxygens (including phenoxy) is 1. The van der Waals surface area contributed by atoms with Crippen molar-refractivity contribution in [2.24, 2.45) is 7.05 Å². The van der Waals surface area contributed by atoms with E-state index >= 15 is 0 Å². The quantitative estimate of drug-likeness (QED) is 0.820. The van der Waals surface area contributed by atoms with Gasteiger partial charge >= 0.3 is 5.69 Å². The van der Waals surface area contributed by atoms with Gasteiger partial charge in [0.1, 0.15) is 11.5 Å². The molecule has 1 heterocycles. The number of nitrogen functional groups attached to an aromatic ring is 1. The van der Waals surface area contributed by atoms with Crippen molar-refractivity contribution in [3.8, 4) is 0 Å². The zero-order valence-electron chi connectivity index (χ0n) is 14.6. The van der Waals surface area contributed by atoms with Gasteiger partial charge in [0, 0.05) is 19.7 Å². The summed E-state index contributed by atoms with van der Waals surface area (Å²) in [6.07, 6.45) is 1.88. The van der Waals surface area contributed by atoms with Gasteiger partial charge in [-0.05, 0) is 25.3 Å². The van der Waals surface area contributed by atoms with E-state index in [0.29, 0.717) is 13.2 Å². The van der Waals surface area contributed by atoms with E-state index in [0.717, 1.165) is 23.0 Å². The Hall–Kier alpha value is -2.54. The Morgan fingerprint density at radius 2 is 1.92 bits per heavy atom. The number of nitrogens with zero attached hydrogens (tertiary/aromatic N) is 2. The van der Waals surface area contributed by atoms with Crippen LogP contribution in [0.5, 0.6) is 0 Å². The molecule has 2 aromatic rings. The second-order valence-corrected chi connectivity index (χ2v) is 6.37. The molecular formula is C18H24N4O3. The Bertz CT molecular complexity index is 851. The van der Waals surface area contributed by atoms with Crippen molar-refractivity contribution in [1.29, 1.82) is 0 Å². The number of benzene rings is 1. The zero-order chi connectivity index (χ0) is 18.0. The number of rotatable bonds is 6. The topological polar surface area (TPSA) is 91.3 Å². The fourth-order valence-corrected chi connectivity index (χ4v) is 3.10. The maximum atomic E-state index is 12.5. The molecule has 1 aromatic carbocycles. The molecule has 0 bridgehead atoms. The molecular weight excluding hydrogens is 320 g/mol. The lowest BCUT2D eigenvalue weighted by Crippen LogP contribution is -2.45. The van der Waals surface area contributed by atoms with E-state index in [4.69, 9.17) is 10.5 Å². The first-order chi connectivity index (χ1) is 12.0. The maximum Gasteiger partial charge on any atom is 0.332 e. The summed E-state index contributed by atoms with van der Waals surface area (Å²) in [5, 5.41) is 3.20. The summed E-state index contributed by atoms with van der Waals surface area (Å²) in [7, 11) is 1.47. The molecule has 0 aliphatic heterocycles. The van der Waals surface area contributed by atoms with Crippen LogP contribution in [0.3, 0.4) is 0 Å². The Morgan fingerprint density at radius 3 is 2.56 bits per heavy atom. The molecule has 1 aliphatic carbocycles. The van der Waals surface area contributed by atoms with Crippen LogP contribution in [-0.4, -0.2) is 27.9 Å². The average Bonchev–Trinajstić information content (AvgIpc) is 2.59. The standard InChI is InChI=1S/C18H24N4O3/c1-3-25-14-9-13(10-14)20-15-16(19)22(18(24)21(2)17(15)23)11-12-7-5-4-6-8-12/h4-8,13-14,20H,3,9-11,19H2,1-2H3. The lowest BCUT2D eigenvalue weighted by atomic mass is 9.89. The van der Waals surface area contributed by atoms with Gasteiger partial charge in [-0.1, -0.05) is 30.3 Å². The van der Waals surface area contributed by atoms with Crippen LogP contribution >= 0.6 is 0 Å². The van der Waals surface area contributed by atoms with Crippen molar-refractivity contribution in [2.45, 2.75) is 38.5 Å². The maximum absolute atomic E-state index is 12.5. The molecule has 7 heteroatoms. The SMILES string of the molecule is CCOC1CC(Nc2c(N)n(Cc3ccccc3)c(=O)n(C)c2=O)C1. The van der Waals surface area contributed by atoms with Crippen LogP contribution in [0.2, 0.25) is 0 Å². The van der Waals surface area contributed by atoms with Crippen molar-refractivity contribution < 1.29 is 4.74 Å². The minimum atomic E-state index is -0.419. The third-order valence-electron chi connectivity index (χ3n) is 4.61. The van der Waals surface area contributed by atoms with Crippen molar-refractivity contribution in [1.82, 2.24) is 9.13 Å². The molecule has 0 atom stereocenters. The average molecular weight is 344 g/mol. The summed E-state index contributed by atoms with van der Waals surface area (Å²) >= 11 is 0. The van der Waals surface area contributed by atoms with Crippen molar-refractivity contribution in [3.05, 3.63) is 56.7 Å². The largest absolute Gasteiger partial charge is 0.383 e. The summed E-state index contributed by atoms with van der Waals surface area (Å²) in [5.74, 6) is 0.178. The third kappa shape index (κ3) is 3.46. The van der Waals surface area contributed by atoms with Crippen LogP contribution in [0, 0.1) is 0 Å². The molecule has 1 fully saturated rings. The van der Waals surface area contributed by atoms with E-state index in [-0.39, 0.29) is 23.7 Å². The van der Waals surface area contributed by atoms with Gasteiger partial charge in [0.05, 0.1) is 12.6 Å². The van der Waals surface area contributed by atoms with Crippen molar-refractivity contribution in [3.63, 3.8) is 0 Å². The normalized spacial score (nSPS) is 19.4. The molecule has 1 aliphatic rings. The second kappa shape index (κ2) is 7.14. The van der Waals surface area contributed by atoms with Crippen LogP contribution in [0.4, 0.5) is 11.5 Å². The molecule has 0 amide bonds. The predicted molar refractivity (Wildman–Crippen MR) is 98.0 cm³/mol. The highest BCUT2D eigenvalue weighted by Crippen LogP contribution is 2.27. The van der Waals surface area contributed by atoms with E-state index in [1.165, 1.54) is 11.6 Å². The minimum absolute atomic E-state index is 0.134. The highest BCUT2D eigenvalue weighted by molar-refractivity contribution is 5.61. The first kappa shape index (κ1) is 17.3. The molecule has 3 N–H and O–H groups in total. The Morgan fingerprint density at radius 1 is 1.24 bits per heavy atom. The molecule has 134 valence electrons. The molecule has 3 rings (SSSR count). The number of anilines is 2. The van der Waals surface area contributed by atoms with Crippen LogP contribution in [-0.2, 0) is 18.3 Å². The smallest absolute Gasteiger partial charge is 0.332 e. The van der Waals surface area contributed by atoms with Crippen LogP contribution < -0.4 is 22.3 Å². The van der Waals surface area contributed by atoms with E-state index in [1.54, 1.807) is 0 Å². The summed E-state index contributed by atoms with van der Waals surface area (Å²) in [6, 6.07) is 9.69. The Balaban J connectivity index is 1.88. The van der Waals surface area contributed by atoms with Gasteiger partial charge in [-0.3, -0.25) is 13.9 Å². The second-order valence-electron chi connectivity index (χ2n) is 6.37. The highest BCUT2D eigenvalue weighted by atomic mass is 16.5. The van der Waals surface area contributed by atoms with Crippen LogP contribution in [0.25, 0.3) is 0 Å². The molecule has 0 unspecified atom stereocenters. The molecule has 0 saturated heterocycles. The third-order valence-corrected chi connectivity index (χ3v) is 4.61. The Labute approximate surface area is 146 Å². The molecule has 1 aromatic heterocycles. The van der Waals surface area contributed by atoms with E-state index in [9.17, 15) is 9.59 Å². The fraction of sp³-hybridized carbons (Fsp3) is 0.444. The first-order valence-corrected chi connectivity index (χ1v) is 8.52. The van der Waals surface area contributed by atoms with E-state index in [1.807, 2.05) is 37.3 Å². The van der Waals surface area contributed by atoms with Crippen molar-refractivity contribution in [2.75, 3.05) is 17.7 Å². The Kier molecular flexibility index (Phi) is 4.94. The van der Waals surface area contributed by atoms with Gasteiger partial charge in [0.2, 0.25) is 0 Å². The van der Waals surface area contributed by atoms with Crippen LogP contribution in [0.1, 0.15) is 25.3 Å². The van der Waals surface area contributed by atoms with Gasteiger partial charge in [-0.2, -0.15) is 0 Å². The first-order valence-electron chi connectivity index (χ1n) is 8.52. The zero-order valence-corrected chi connectivity index (χ0v) is 14.6. The number of aromatic nitrogens is 2. The summed E-state index contributed by atoms with van der Waals surface area (Å²) in [4.78, 5) is 24.9. The summed E-state index contributed by atoms with van der Waals surface area (Å²) in [6.45, 7) is 2.97. The van der Waals surface area contributed by atoms with Gasteiger partial charge < -0.3 is 15.8 Å². The molecule has 0 radical (unpaired) electrons. The molecule has 1 saturated carbocycles. The molecule has 7 nitrogen and oxygen atoms in total. The number of hydrogen-bond acceptors (Lipinski definition) is 5. The van der Waals surface area contributed by atoms with E-state index < -0.39 is 11.2 Å². The van der Waals surface area contributed by atoms with Gasteiger partial charge in [-0.25, -0.2) is 4.79 Å². The minimum Gasteiger partial charge on any atom is -0.383 e. The van der Waals surface area contributed by atoms with Gasteiger partial charge in [0.25, 0.3) is 5.56 Å². The lowest BCUT2D eigenvalue weighted by molar-refractivity contribution is 0.00296. The number of nitrogens with two attached hydrogens (primary N) is 1. The lowest BCUT2D eigenvalue weighted by Gasteiger charge is -2.36. The summed E-state index contributed by atoms with van der Waals surface area (Å²) in [5.41, 5.74) is 6.60. The van der Waals surface area contributed by atoms with Crippen molar-refractivity contribution >= 4 is 11.5 Å². The number of hydrogen-bond donors (Lipinski definition) is 2. The summed E-state index contributed by atoms with van der Waals surface area (Å²) < 4.78 is 8.07. The predicted octanol–water partition coefficient (Wildman–Crippen LogP) is 1.16. The van der Waals surface area contributed by atoms with Crippen LogP contribution in [0.15, 0.2) is 39.9 Å². The van der Waals surface area contributed by atoms with E-state index in [2.05, 4.69) is 5.32 Å².